The van der Waals surface area contributed by atoms with Crippen LogP contribution < -0.4 is 20.9 Å². The molecule has 0 spiro atoms. The van der Waals surface area contributed by atoms with Gasteiger partial charge in [-0.2, -0.15) is 5.10 Å². The predicted octanol–water partition coefficient (Wildman–Crippen LogP) is 3.98. The van der Waals surface area contributed by atoms with Gasteiger partial charge in [-0.25, -0.2) is 13.5 Å². The van der Waals surface area contributed by atoms with Crippen LogP contribution in [0.1, 0.15) is 24.2 Å². The SMILES string of the molecule is CC(C)CNC(=O)c1cccc(Nc2c(Oc3ccc(F)cc3F)cnn(C)c2=O)c1. The molecule has 1 heterocycles. The van der Waals surface area contributed by atoms with Crippen LogP contribution in [0.5, 0.6) is 11.5 Å². The average molecular weight is 428 g/mol. The highest BCUT2D eigenvalue weighted by Crippen LogP contribution is 2.30. The van der Waals surface area contributed by atoms with Crippen LogP contribution in [0.15, 0.2) is 53.5 Å². The van der Waals surface area contributed by atoms with Gasteiger partial charge in [0.05, 0.1) is 6.20 Å². The van der Waals surface area contributed by atoms with E-state index in [0.29, 0.717) is 29.8 Å². The zero-order valence-electron chi connectivity index (χ0n) is 17.3. The molecule has 3 aromatic rings. The second-order valence-electron chi connectivity index (χ2n) is 7.30. The Labute approximate surface area is 177 Å². The van der Waals surface area contributed by atoms with Crippen molar-refractivity contribution in [3.63, 3.8) is 0 Å². The number of carbonyl (C=O) groups is 1. The summed E-state index contributed by atoms with van der Waals surface area (Å²) in [5.74, 6) is -1.93. The third kappa shape index (κ3) is 5.44. The Hall–Kier alpha value is -3.75. The number of amides is 1. The number of carbonyl (C=O) groups excluding carboxylic acids is 1. The van der Waals surface area contributed by atoms with Crippen LogP contribution in [0.2, 0.25) is 0 Å². The lowest BCUT2D eigenvalue weighted by Gasteiger charge is -2.14. The first-order valence-electron chi connectivity index (χ1n) is 9.59. The Balaban J connectivity index is 1.91. The summed E-state index contributed by atoms with van der Waals surface area (Å²) in [7, 11) is 1.45. The lowest BCUT2D eigenvalue weighted by atomic mass is 10.1. The monoisotopic (exact) mass is 428 g/mol. The normalized spacial score (nSPS) is 10.8. The quantitative estimate of drug-likeness (QED) is 0.595. The first kappa shape index (κ1) is 21.9. The highest BCUT2D eigenvalue weighted by Gasteiger charge is 2.16. The highest BCUT2D eigenvalue weighted by atomic mass is 19.1. The zero-order chi connectivity index (χ0) is 22.5. The van der Waals surface area contributed by atoms with Gasteiger partial charge in [-0.05, 0) is 36.2 Å². The fraction of sp³-hybridized carbons (Fsp3) is 0.227. The molecule has 7 nitrogen and oxygen atoms in total. The van der Waals surface area contributed by atoms with E-state index in [1.165, 1.54) is 13.2 Å². The van der Waals surface area contributed by atoms with Crippen molar-refractivity contribution in [1.29, 1.82) is 0 Å². The van der Waals surface area contributed by atoms with E-state index < -0.39 is 17.2 Å². The third-order valence-corrected chi connectivity index (χ3v) is 4.28. The van der Waals surface area contributed by atoms with Crippen LogP contribution in [0.3, 0.4) is 0 Å². The van der Waals surface area contributed by atoms with Crippen LogP contribution in [-0.4, -0.2) is 22.2 Å². The summed E-state index contributed by atoms with van der Waals surface area (Å²) in [5.41, 5.74) is 0.309. The molecule has 0 saturated carbocycles. The van der Waals surface area contributed by atoms with Gasteiger partial charge < -0.3 is 15.4 Å². The molecule has 2 aromatic carbocycles. The van der Waals surface area contributed by atoms with E-state index in [-0.39, 0.29) is 23.1 Å². The van der Waals surface area contributed by atoms with E-state index >= 15 is 0 Å². The Morgan fingerprint density at radius 2 is 1.94 bits per heavy atom. The number of rotatable bonds is 7. The largest absolute Gasteiger partial charge is 0.450 e. The first-order valence-corrected chi connectivity index (χ1v) is 9.59. The lowest BCUT2D eigenvalue weighted by molar-refractivity contribution is 0.0949. The lowest BCUT2D eigenvalue weighted by Crippen LogP contribution is -2.27. The number of anilines is 2. The van der Waals surface area contributed by atoms with Crippen molar-refractivity contribution in [2.45, 2.75) is 13.8 Å². The molecule has 0 radical (unpaired) electrons. The van der Waals surface area contributed by atoms with Gasteiger partial charge in [0.2, 0.25) is 0 Å². The standard InChI is InChI=1S/C22H22F2N4O3/c1-13(2)11-25-21(29)14-5-4-6-16(9-14)27-20-19(12-26-28(3)22(20)30)31-18-8-7-15(23)10-17(18)24/h4-10,12-13,27H,11H2,1-3H3,(H,25,29). The van der Waals surface area contributed by atoms with Gasteiger partial charge in [0.15, 0.2) is 23.0 Å². The maximum atomic E-state index is 14.0. The molecular weight excluding hydrogens is 406 g/mol. The Kier molecular flexibility index (Phi) is 6.64. The third-order valence-electron chi connectivity index (χ3n) is 4.28. The molecule has 0 atom stereocenters. The summed E-state index contributed by atoms with van der Waals surface area (Å²) in [5, 5.41) is 9.63. The topological polar surface area (TPSA) is 85.2 Å². The Bertz CT molecular complexity index is 1160. The number of nitrogens with one attached hydrogen (secondary N) is 2. The number of aryl methyl sites for hydroxylation is 1. The van der Waals surface area contributed by atoms with Gasteiger partial charge in [-0.3, -0.25) is 9.59 Å². The van der Waals surface area contributed by atoms with Gasteiger partial charge in [0, 0.05) is 30.9 Å². The Morgan fingerprint density at radius 1 is 1.16 bits per heavy atom. The summed E-state index contributed by atoms with van der Waals surface area (Å²) in [6.45, 7) is 4.51. The van der Waals surface area contributed by atoms with E-state index in [0.717, 1.165) is 16.8 Å². The summed E-state index contributed by atoms with van der Waals surface area (Å²) in [6.07, 6.45) is 1.24. The van der Waals surface area contributed by atoms with Gasteiger partial charge in [0.25, 0.3) is 11.5 Å². The number of hydrogen-bond donors (Lipinski definition) is 2. The molecule has 0 aliphatic carbocycles. The molecule has 9 heteroatoms. The molecule has 3 rings (SSSR count). The van der Waals surface area contributed by atoms with Gasteiger partial charge in [-0.15, -0.1) is 0 Å². The maximum Gasteiger partial charge on any atom is 0.294 e. The fourth-order valence-corrected chi connectivity index (χ4v) is 2.67. The number of halogens is 2. The molecule has 0 saturated heterocycles. The minimum Gasteiger partial charge on any atom is -0.450 e. The van der Waals surface area contributed by atoms with Gasteiger partial charge >= 0.3 is 0 Å². The summed E-state index contributed by atoms with van der Waals surface area (Å²) in [6, 6.07) is 9.40. The molecule has 0 bridgehead atoms. The van der Waals surface area contributed by atoms with Crippen LogP contribution in [-0.2, 0) is 7.05 Å². The summed E-state index contributed by atoms with van der Waals surface area (Å²) in [4.78, 5) is 25.0. The van der Waals surface area contributed by atoms with Crippen LogP contribution in [0, 0.1) is 17.6 Å². The molecule has 1 amide bonds. The van der Waals surface area contributed by atoms with Crippen molar-refractivity contribution in [1.82, 2.24) is 15.1 Å². The summed E-state index contributed by atoms with van der Waals surface area (Å²) < 4.78 is 33.7. The molecule has 162 valence electrons. The van der Waals surface area contributed by atoms with Crippen molar-refractivity contribution in [3.05, 3.63) is 76.2 Å². The van der Waals surface area contributed by atoms with Crippen molar-refractivity contribution in [2.24, 2.45) is 13.0 Å². The van der Waals surface area contributed by atoms with E-state index in [2.05, 4.69) is 15.7 Å². The molecule has 2 N–H and O–H groups in total. The number of ether oxygens (including phenoxy) is 1. The van der Waals surface area contributed by atoms with E-state index in [4.69, 9.17) is 4.74 Å². The predicted molar refractivity (Wildman–Crippen MR) is 113 cm³/mol. The summed E-state index contributed by atoms with van der Waals surface area (Å²) >= 11 is 0. The number of hydrogen-bond acceptors (Lipinski definition) is 5. The number of benzene rings is 2. The Morgan fingerprint density at radius 3 is 2.65 bits per heavy atom. The van der Waals surface area contributed by atoms with E-state index in [9.17, 15) is 18.4 Å². The average Bonchev–Trinajstić information content (AvgIpc) is 2.73. The van der Waals surface area contributed by atoms with Crippen LogP contribution in [0.25, 0.3) is 0 Å². The molecule has 0 fully saturated rings. The molecule has 1 aromatic heterocycles. The van der Waals surface area contributed by atoms with Crippen molar-refractivity contribution < 1.29 is 18.3 Å². The molecular formula is C22H22F2N4O3. The highest BCUT2D eigenvalue weighted by molar-refractivity contribution is 5.95. The number of aromatic nitrogens is 2. The van der Waals surface area contributed by atoms with Crippen molar-refractivity contribution in [3.8, 4) is 11.5 Å². The maximum absolute atomic E-state index is 14.0. The zero-order valence-corrected chi connectivity index (χ0v) is 17.3. The second-order valence-corrected chi connectivity index (χ2v) is 7.30. The van der Waals surface area contributed by atoms with Crippen LogP contribution in [0.4, 0.5) is 20.2 Å². The molecule has 0 unspecified atom stereocenters. The fourth-order valence-electron chi connectivity index (χ4n) is 2.67. The molecule has 0 aliphatic heterocycles. The van der Waals surface area contributed by atoms with Crippen molar-refractivity contribution in [2.75, 3.05) is 11.9 Å². The molecule has 31 heavy (non-hydrogen) atoms. The van der Waals surface area contributed by atoms with Gasteiger partial charge in [-0.1, -0.05) is 19.9 Å². The second kappa shape index (κ2) is 9.38. The van der Waals surface area contributed by atoms with Crippen molar-refractivity contribution >= 4 is 17.3 Å². The smallest absolute Gasteiger partial charge is 0.294 e. The number of nitrogens with zero attached hydrogens (tertiary/aromatic N) is 2. The van der Waals surface area contributed by atoms with E-state index in [1.807, 2.05) is 13.8 Å². The minimum absolute atomic E-state index is 0.0130. The van der Waals surface area contributed by atoms with E-state index in [1.54, 1.807) is 24.3 Å². The molecule has 0 aliphatic rings. The van der Waals surface area contributed by atoms with Gasteiger partial charge in [0.1, 0.15) is 5.82 Å². The minimum atomic E-state index is -0.921. The van der Waals surface area contributed by atoms with Crippen LogP contribution >= 0.6 is 0 Å². The first-order chi connectivity index (χ1) is 14.7.